The number of benzene rings is 1. The van der Waals surface area contributed by atoms with Gasteiger partial charge in [-0.1, -0.05) is 23.7 Å². The fourth-order valence-electron chi connectivity index (χ4n) is 2.50. The van der Waals surface area contributed by atoms with Crippen molar-refractivity contribution >= 4 is 29.2 Å². The standard InChI is InChI=1S/C19H28ClN3O3/c1-19(2,18(22)26)23-17(25)14(4-3-11-21)7-10-16(24)12-13-5-8-15(20)9-6-13/h5-6,8-9,14H,3-4,7,10-12,21H2,1-2H3,(H2,22,26)(H,23,25)/t14-/m0/s1. The van der Waals surface area contributed by atoms with Gasteiger partial charge in [0.15, 0.2) is 0 Å². The number of nitrogens with one attached hydrogen (secondary N) is 1. The lowest BCUT2D eigenvalue weighted by atomic mass is 9.92. The van der Waals surface area contributed by atoms with Gasteiger partial charge < -0.3 is 16.8 Å². The second-order valence-corrected chi connectivity index (χ2v) is 7.42. The van der Waals surface area contributed by atoms with Gasteiger partial charge >= 0.3 is 0 Å². The molecule has 0 saturated heterocycles. The highest BCUT2D eigenvalue weighted by Gasteiger charge is 2.30. The average molecular weight is 382 g/mol. The van der Waals surface area contributed by atoms with E-state index in [0.717, 1.165) is 5.56 Å². The first-order valence-electron chi connectivity index (χ1n) is 8.74. The maximum atomic E-state index is 12.5. The minimum atomic E-state index is -1.13. The lowest BCUT2D eigenvalue weighted by Crippen LogP contribution is -2.54. The minimum Gasteiger partial charge on any atom is -0.368 e. The SMILES string of the molecule is CC(C)(NC(=O)[C@@H](CCCN)CCC(=O)Cc1ccc(Cl)cc1)C(N)=O. The molecule has 7 heteroatoms. The molecule has 0 aliphatic rings. The van der Waals surface area contributed by atoms with Crippen molar-refractivity contribution in [2.24, 2.45) is 17.4 Å². The highest BCUT2D eigenvalue weighted by atomic mass is 35.5. The number of halogens is 1. The van der Waals surface area contributed by atoms with Gasteiger partial charge in [-0.25, -0.2) is 0 Å². The Labute approximate surface area is 159 Å². The van der Waals surface area contributed by atoms with Crippen LogP contribution in [-0.4, -0.2) is 29.7 Å². The molecular formula is C19H28ClN3O3. The largest absolute Gasteiger partial charge is 0.368 e. The number of primary amides is 1. The predicted octanol–water partition coefficient (Wildman–Crippen LogP) is 1.97. The van der Waals surface area contributed by atoms with Crippen LogP contribution in [0, 0.1) is 5.92 Å². The minimum absolute atomic E-state index is 0.0482. The number of carbonyl (C=O) groups is 3. The van der Waals surface area contributed by atoms with E-state index in [0.29, 0.717) is 37.3 Å². The van der Waals surface area contributed by atoms with E-state index in [-0.39, 0.29) is 24.0 Å². The molecule has 0 saturated carbocycles. The lowest BCUT2D eigenvalue weighted by Gasteiger charge is -2.25. The van der Waals surface area contributed by atoms with Crippen molar-refractivity contribution in [2.45, 2.75) is 51.5 Å². The summed E-state index contributed by atoms with van der Waals surface area (Å²) in [5, 5.41) is 3.29. The third-order valence-electron chi connectivity index (χ3n) is 4.27. The molecule has 0 heterocycles. The van der Waals surface area contributed by atoms with Crippen LogP contribution in [0.1, 0.15) is 45.1 Å². The number of hydrogen-bond acceptors (Lipinski definition) is 4. The van der Waals surface area contributed by atoms with Crippen LogP contribution in [0.25, 0.3) is 0 Å². The second-order valence-electron chi connectivity index (χ2n) is 6.99. The number of amides is 2. The van der Waals surface area contributed by atoms with E-state index in [1.54, 1.807) is 26.0 Å². The Morgan fingerprint density at radius 3 is 2.31 bits per heavy atom. The van der Waals surface area contributed by atoms with Crippen LogP contribution >= 0.6 is 11.6 Å². The van der Waals surface area contributed by atoms with Crippen molar-refractivity contribution < 1.29 is 14.4 Å². The summed E-state index contributed by atoms with van der Waals surface area (Å²) in [6.07, 6.45) is 2.22. The number of Topliss-reactive ketones (excluding diaryl/α,β-unsaturated/α-hetero) is 1. The zero-order valence-corrected chi connectivity index (χ0v) is 16.1. The van der Waals surface area contributed by atoms with Gasteiger partial charge in [0.1, 0.15) is 11.3 Å². The van der Waals surface area contributed by atoms with E-state index in [1.165, 1.54) is 0 Å². The maximum absolute atomic E-state index is 12.5. The van der Waals surface area contributed by atoms with Crippen LogP contribution < -0.4 is 16.8 Å². The van der Waals surface area contributed by atoms with Crippen molar-refractivity contribution in [2.75, 3.05) is 6.54 Å². The first-order chi connectivity index (χ1) is 12.2. The Bertz CT molecular complexity index is 629. The van der Waals surface area contributed by atoms with Crippen LogP contribution in [-0.2, 0) is 20.8 Å². The summed E-state index contributed by atoms with van der Waals surface area (Å²) >= 11 is 5.84. The van der Waals surface area contributed by atoms with Crippen molar-refractivity contribution in [3.05, 3.63) is 34.9 Å². The Morgan fingerprint density at radius 1 is 1.15 bits per heavy atom. The molecule has 1 rings (SSSR count). The van der Waals surface area contributed by atoms with E-state index in [9.17, 15) is 14.4 Å². The molecule has 0 bridgehead atoms. The molecule has 2 amide bonds. The molecule has 0 spiro atoms. The Kier molecular flexibility index (Phi) is 8.75. The van der Waals surface area contributed by atoms with E-state index in [2.05, 4.69) is 5.32 Å². The fraction of sp³-hybridized carbons (Fsp3) is 0.526. The maximum Gasteiger partial charge on any atom is 0.242 e. The van der Waals surface area contributed by atoms with E-state index >= 15 is 0 Å². The zero-order chi connectivity index (χ0) is 19.7. The van der Waals surface area contributed by atoms with Crippen molar-refractivity contribution in [3.8, 4) is 0 Å². The van der Waals surface area contributed by atoms with Crippen molar-refractivity contribution in [3.63, 3.8) is 0 Å². The smallest absolute Gasteiger partial charge is 0.242 e. The van der Waals surface area contributed by atoms with E-state index in [1.807, 2.05) is 12.1 Å². The van der Waals surface area contributed by atoms with Gasteiger partial charge in [0.2, 0.25) is 11.8 Å². The summed E-state index contributed by atoms with van der Waals surface area (Å²) in [6.45, 7) is 3.57. The Morgan fingerprint density at radius 2 is 1.77 bits per heavy atom. The van der Waals surface area contributed by atoms with Gasteiger partial charge in [0, 0.05) is 23.8 Å². The van der Waals surface area contributed by atoms with Crippen LogP contribution in [0.4, 0.5) is 0 Å². The molecule has 0 radical (unpaired) electrons. The van der Waals surface area contributed by atoms with Crippen molar-refractivity contribution in [1.29, 1.82) is 0 Å². The molecule has 5 N–H and O–H groups in total. The van der Waals surface area contributed by atoms with Crippen molar-refractivity contribution in [1.82, 2.24) is 5.32 Å². The number of hydrogen-bond donors (Lipinski definition) is 3. The van der Waals surface area contributed by atoms with Crippen LogP contribution in [0.5, 0.6) is 0 Å². The molecule has 0 aliphatic carbocycles. The molecule has 0 unspecified atom stereocenters. The van der Waals surface area contributed by atoms with Crippen LogP contribution in [0.15, 0.2) is 24.3 Å². The highest BCUT2D eigenvalue weighted by molar-refractivity contribution is 6.30. The molecule has 6 nitrogen and oxygen atoms in total. The summed E-state index contributed by atoms with van der Waals surface area (Å²) in [6, 6.07) is 7.11. The van der Waals surface area contributed by atoms with Crippen LogP contribution in [0.2, 0.25) is 5.02 Å². The quantitative estimate of drug-likeness (QED) is 0.543. The molecule has 1 aromatic carbocycles. The predicted molar refractivity (Wildman–Crippen MR) is 103 cm³/mol. The van der Waals surface area contributed by atoms with Gasteiger partial charge in [-0.2, -0.15) is 0 Å². The second kappa shape index (κ2) is 10.3. The Hall–Kier alpha value is -1.92. The monoisotopic (exact) mass is 381 g/mol. The van der Waals surface area contributed by atoms with Gasteiger partial charge in [-0.05, 0) is 57.4 Å². The molecule has 0 aliphatic heterocycles. The zero-order valence-electron chi connectivity index (χ0n) is 15.4. The number of nitrogens with two attached hydrogens (primary N) is 2. The fourth-order valence-corrected chi connectivity index (χ4v) is 2.62. The third kappa shape index (κ3) is 7.54. The lowest BCUT2D eigenvalue weighted by molar-refractivity contribution is -0.133. The summed E-state index contributed by atoms with van der Waals surface area (Å²) in [5.74, 6) is -1.22. The molecule has 26 heavy (non-hydrogen) atoms. The molecule has 144 valence electrons. The number of rotatable bonds is 11. The van der Waals surface area contributed by atoms with E-state index < -0.39 is 11.4 Å². The van der Waals surface area contributed by atoms with Gasteiger partial charge in [0.25, 0.3) is 0 Å². The average Bonchev–Trinajstić information content (AvgIpc) is 2.56. The third-order valence-corrected chi connectivity index (χ3v) is 4.52. The number of carbonyl (C=O) groups excluding carboxylic acids is 3. The molecule has 0 aromatic heterocycles. The first kappa shape index (κ1) is 22.1. The molecule has 0 fully saturated rings. The molecule has 1 aromatic rings. The molecule has 1 atom stereocenters. The number of ketones is 1. The summed E-state index contributed by atoms with van der Waals surface area (Å²) < 4.78 is 0. The topological polar surface area (TPSA) is 115 Å². The molecular weight excluding hydrogens is 354 g/mol. The van der Waals surface area contributed by atoms with Gasteiger partial charge in [-0.15, -0.1) is 0 Å². The van der Waals surface area contributed by atoms with Gasteiger partial charge in [0.05, 0.1) is 0 Å². The van der Waals surface area contributed by atoms with E-state index in [4.69, 9.17) is 23.1 Å². The first-order valence-corrected chi connectivity index (χ1v) is 9.11. The highest BCUT2D eigenvalue weighted by Crippen LogP contribution is 2.17. The Balaban J connectivity index is 2.62. The van der Waals surface area contributed by atoms with Gasteiger partial charge in [-0.3, -0.25) is 14.4 Å². The van der Waals surface area contributed by atoms with Crippen LogP contribution in [0.3, 0.4) is 0 Å². The normalized spacial score (nSPS) is 12.5. The summed E-state index contributed by atoms with van der Waals surface area (Å²) in [5.41, 5.74) is 10.6. The summed E-state index contributed by atoms with van der Waals surface area (Å²) in [4.78, 5) is 36.1. The summed E-state index contributed by atoms with van der Waals surface area (Å²) in [7, 11) is 0.